The lowest BCUT2D eigenvalue weighted by atomic mass is 10.2. The van der Waals surface area contributed by atoms with Crippen LogP contribution >= 0.6 is 91.4 Å². The monoisotopic (exact) mass is 584 g/mol. The minimum atomic E-state index is 0.805. The van der Waals surface area contributed by atoms with E-state index in [-0.39, 0.29) is 0 Å². The topological polar surface area (TPSA) is 24.4 Å². The molecule has 0 aliphatic rings. The lowest BCUT2D eigenvalue weighted by Gasteiger charge is -2.13. The highest BCUT2D eigenvalue weighted by Gasteiger charge is 2.17. The molecule has 18 heavy (non-hydrogen) atoms. The third-order valence-corrected chi connectivity index (χ3v) is 9.42. The molecule has 0 saturated heterocycles. The van der Waals surface area contributed by atoms with Crippen LogP contribution in [0.4, 0.5) is 0 Å². The van der Waals surface area contributed by atoms with E-state index in [0.717, 1.165) is 33.3 Å². The molecule has 0 aliphatic carbocycles. The van der Waals surface area contributed by atoms with Crippen LogP contribution < -0.4 is 5.32 Å². The van der Waals surface area contributed by atoms with Gasteiger partial charge in [-0.3, -0.25) is 4.99 Å². The van der Waals surface area contributed by atoms with Gasteiger partial charge < -0.3 is 5.32 Å². The van der Waals surface area contributed by atoms with Crippen molar-refractivity contribution in [3.8, 4) is 0 Å². The van der Waals surface area contributed by atoms with Gasteiger partial charge in [-0.1, -0.05) is 11.8 Å². The molecule has 0 atom stereocenters. The molecule has 0 spiro atoms. The van der Waals surface area contributed by atoms with E-state index in [9.17, 15) is 0 Å². The molecule has 1 N–H and O–H groups in total. The molecule has 0 fully saturated rings. The number of benzene rings is 1. The van der Waals surface area contributed by atoms with Gasteiger partial charge in [-0.15, -0.1) is 0 Å². The number of rotatable bonds is 2. The van der Waals surface area contributed by atoms with Gasteiger partial charge in [0, 0.05) is 42.2 Å². The highest BCUT2D eigenvalue weighted by Crippen LogP contribution is 2.45. The van der Waals surface area contributed by atoms with Crippen molar-refractivity contribution < 1.29 is 0 Å². The number of hydrogen-bond donors (Lipinski definition) is 1. The van der Waals surface area contributed by atoms with Crippen molar-refractivity contribution in [2.45, 2.75) is 5.75 Å². The first-order chi connectivity index (χ1) is 8.43. The fourth-order valence-electron chi connectivity index (χ4n) is 1.17. The van der Waals surface area contributed by atoms with Crippen molar-refractivity contribution in [1.29, 1.82) is 0 Å². The molecule has 0 bridgehead atoms. The van der Waals surface area contributed by atoms with E-state index in [1.165, 1.54) is 5.56 Å². The number of nitrogens with one attached hydrogen (secondary N) is 1. The highest BCUT2D eigenvalue weighted by molar-refractivity contribution is 9.15. The van der Waals surface area contributed by atoms with Crippen molar-refractivity contribution in [2.24, 2.45) is 4.99 Å². The molecule has 0 amide bonds. The van der Waals surface area contributed by atoms with Crippen molar-refractivity contribution in [2.75, 3.05) is 14.1 Å². The Morgan fingerprint density at radius 3 is 1.83 bits per heavy atom. The van der Waals surface area contributed by atoms with Gasteiger partial charge in [0.1, 0.15) is 0 Å². The van der Waals surface area contributed by atoms with E-state index in [1.807, 2.05) is 7.05 Å². The number of hydrogen-bond acceptors (Lipinski definition) is 2. The summed E-state index contributed by atoms with van der Waals surface area (Å²) in [5.74, 6) is 0.805. The van der Waals surface area contributed by atoms with Crippen LogP contribution in [0.1, 0.15) is 5.56 Å². The van der Waals surface area contributed by atoms with E-state index >= 15 is 0 Å². The van der Waals surface area contributed by atoms with Crippen LogP contribution in [0.25, 0.3) is 0 Å². The molecule has 8 heteroatoms. The molecule has 0 heterocycles. The molecular formula is C10H9Br5N2S. The first kappa shape index (κ1) is 17.5. The van der Waals surface area contributed by atoms with Crippen LogP contribution in [0.3, 0.4) is 0 Å². The van der Waals surface area contributed by atoms with E-state index in [2.05, 4.69) is 90.0 Å². The second-order valence-corrected chi connectivity index (χ2v) is 8.04. The zero-order chi connectivity index (χ0) is 13.9. The maximum atomic E-state index is 4.15. The van der Waals surface area contributed by atoms with Crippen LogP contribution in [0.2, 0.25) is 0 Å². The van der Waals surface area contributed by atoms with Crippen LogP contribution in [-0.2, 0) is 5.75 Å². The molecule has 1 rings (SSSR count). The van der Waals surface area contributed by atoms with E-state index in [0.29, 0.717) is 0 Å². The zero-order valence-corrected chi connectivity index (χ0v) is 18.2. The zero-order valence-electron chi connectivity index (χ0n) is 9.45. The summed E-state index contributed by atoms with van der Waals surface area (Å²) in [6, 6.07) is 0. The van der Waals surface area contributed by atoms with Crippen LogP contribution in [0.15, 0.2) is 27.4 Å². The molecule has 0 aliphatic heterocycles. The fourth-order valence-corrected chi connectivity index (χ4v) is 5.79. The number of nitrogens with zero attached hydrogens (tertiary/aromatic N) is 1. The van der Waals surface area contributed by atoms with Crippen molar-refractivity contribution >= 4 is 96.6 Å². The first-order valence-electron chi connectivity index (χ1n) is 4.71. The third-order valence-electron chi connectivity index (χ3n) is 2.07. The smallest absolute Gasteiger partial charge is 0.156 e. The molecule has 1 aromatic rings. The summed E-state index contributed by atoms with van der Waals surface area (Å²) < 4.78 is 5.03. The maximum absolute atomic E-state index is 4.15. The predicted molar refractivity (Wildman–Crippen MR) is 98.7 cm³/mol. The molecule has 100 valence electrons. The molecule has 1 aromatic carbocycles. The average Bonchev–Trinajstić information content (AvgIpc) is 2.38. The van der Waals surface area contributed by atoms with Crippen molar-refractivity contribution in [3.05, 3.63) is 27.9 Å². The third kappa shape index (κ3) is 3.97. The number of thioether (sulfide) groups is 1. The Morgan fingerprint density at radius 2 is 1.44 bits per heavy atom. The van der Waals surface area contributed by atoms with Gasteiger partial charge in [-0.05, 0) is 85.2 Å². The van der Waals surface area contributed by atoms with Gasteiger partial charge in [-0.2, -0.15) is 0 Å². The summed E-state index contributed by atoms with van der Waals surface area (Å²) >= 11 is 19.5. The summed E-state index contributed by atoms with van der Waals surface area (Å²) in [6.45, 7) is 0. The van der Waals surface area contributed by atoms with Gasteiger partial charge in [0.2, 0.25) is 0 Å². The summed E-state index contributed by atoms with van der Waals surface area (Å²) in [5.41, 5.74) is 1.17. The van der Waals surface area contributed by atoms with Gasteiger partial charge in [-0.25, -0.2) is 0 Å². The highest BCUT2D eigenvalue weighted by atomic mass is 79.9. The van der Waals surface area contributed by atoms with E-state index in [4.69, 9.17) is 0 Å². The summed E-state index contributed by atoms with van der Waals surface area (Å²) in [5, 5.41) is 3.96. The largest absolute Gasteiger partial charge is 0.368 e. The number of amidine groups is 1. The van der Waals surface area contributed by atoms with Crippen LogP contribution in [-0.4, -0.2) is 19.3 Å². The Labute approximate surface area is 153 Å². The summed E-state index contributed by atoms with van der Waals surface area (Å²) in [4.78, 5) is 4.15. The van der Waals surface area contributed by atoms with Crippen molar-refractivity contribution in [1.82, 2.24) is 5.32 Å². The quantitative estimate of drug-likeness (QED) is 0.200. The molecule has 0 radical (unpaired) electrons. The molecule has 0 saturated carbocycles. The summed E-state index contributed by atoms with van der Waals surface area (Å²) in [7, 11) is 3.64. The second-order valence-electron chi connectivity index (χ2n) is 3.12. The fraction of sp³-hybridized carbons (Fsp3) is 0.300. The Bertz CT molecular complexity index is 461. The number of aliphatic imine (C=N–C) groups is 1. The lowest BCUT2D eigenvalue weighted by molar-refractivity contribution is 1.18. The Kier molecular flexibility index (Phi) is 7.80. The van der Waals surface area contributed by atoms with Crippen molar-refractivity contribution in [3.63, 3.8) is 0 Å². The molecule has 2 nitrogen and oxygen atoms in total. The second kappa shape index (κ2) is 8.02. The summed E-state index contributed by atoms with van der Waals surface area (Å²) in [6.07, 6.45) is 0. The Hall–Kier alpha value is 1.44. The first-order valence-corrected chi connectivity index (χ1v) is 9.66. The van der Waals surface area contributed by atoms with Gasteiger partial charge in [0.25, 0.3) is 0 Å². The lowest BCUT2D eigenvalue weighted by Crippen LogP contribution is -2.14. The Morgan fingerprint density at radius 1 is 1.00 bits per heavy atom. The van der Waals surface area contributed by atoms with Crippen LogP contribution in [0.5, 0.6) is 0 Å². The minimum Gasteiger partial charge on any atom is -0.368 e. The normalized spacial score (nSPS) is 11.8. The van der Waals surface area contributed by atoms with Gasteiger partial charge >= 0.3 is 0 Å². The van der Waals surface area contributed by atoms with E-state index in [1.54, 1.807) is 18.8 Å². The molecular weight excluding hydrogens is 580 g/mol. The van der Waals surface area contributed by atoms with E-state index < -0.39 is 0 Å². The Balaban J connectivity index is 3.10. The maximum Gasteiger partial charge on any atom is 0.156 e. The predicted octanol–water partition coefficient (Wildman–Crippen LogP) is 5.94. The van der Waals surface area contributed by atoms with Gasteiger partial charge in [0.05, 0.1) is 0 Å². The van der Waals surface area contributed by atoms with Crippen LogP contribution in [0, 0.1) is 0 Å². The standard InChI is InChI=1S/C10H9Br5N2S/c1-16-10(17-2)18-3-4-5(11)7(13)9(15)8(14)6(4)12/h3H2,1-2H3,(H,16,17). The number of halogens is 5. The average molecular weight is 589 g/mol. The van der Waals surface area contributed by atoms with Gasteiger partial charge in [0.15, 0.2) is 5.17 Å². The minimum absolute atomic E-state index is 0.805. The molecule has 0 unspecified atom stereocenters. The SMILES string of the molecule is CN=C(NC)SCc1c(Br)c(Br)c(Br)c(Br)c1Br. The molecule has 0 aromatic heterocycles.